The molecule has 0 fully saturated rings. The zero-order chi connectivity index (χ0) is 26.2. The number of aromatic amines is 1. The molecule has 0 aliphatic carbocycles. The number of carbonyl (C=O) groups is 2. The van der Waals surface area contributed by atoms with Crippen LogP contribution in [0.4, 0.5) is 11.6 Å². The molecule has 0 atom stereocenters. The second-order valence-corrected chi connectivity index (χ2v) is 10.3. The highest BCUT2D eigenvalue weighted by Gasteiger charge is 2.23. The maximum atomic E-state index is 13.1. The van der Waals surface area contributed by atoms with Gasteiger partial charge in [-0.25, -0.2) is 4.98 Å². The lowest BCUT2D eigenvalue weighted by atomic mass is 10.1. The summed E-state index contributed by atoms with van der Waals surface area (Å²) in [5.74, 6) is -0.263. The van der Waals surface area contributed by atoms with Gasteiger partial charge >= 0.3 is 0 Å². The Kier molecular flexibility index (Phi) is 6.32. The van der Waals surface area contributed by atoms with E-state index in [1.54, 1.807) is 80.5 Å². The Morgan fingerprint density at radius 1 is 1.19 bits per heavy atom. The number of fused-ring (bicyclic) bond motifs is 1. The summed E-state index contributed by atoms with van der Waals surface area (Å²) in [6.45, 7) is 3.58. The number of amides is 2. The Morgan fingerprint density at radius 3 is 2.73 bits per heavy atom. The molecule has 3 N–H and O–H groups in total. The van der Waals surface area contributed by atoms with Crippen molar-refractivity contribution < 1.29 is 14.7 Å². The fourth-order valence-electron chi connectivity index (χ4n) is 3.91. The van der Waals surface area contributed by atoms with Crippen molar-refractivity contribution in [2.75, 3.05) is 17.3 Å². The van der Waals surface area contributed by atoms with E-state index in [0.717, 1.165) is 10.4 Å². The summed E-state index contributed by atoms with van der Waals surface area (Å²) >= 11 is 1.34. The van der Waals surface area contributed by atoms with Gasteiger partial charge in [-0.15, -0.1) is 11.3 Å². The van der Waals surface area contributed by atoms with Crippen molar-refractivity contribution in [3.63, 3.8) is 0 Å². The molecule has 0 bridgehead atoms. The summed E-state index contributed by atoms with van der Waals surface area (Å²) < 4.78 is 1.77. The molecule has 0 spiro atoms. The number of imidazole rings is 1. The number of hydrogen-bond donors (Lipinski definition) is 3. The van der Waals surface area contributed by atoms with Gasteiger partial charge in [-0.3, -0.25) is 25.0 Å². The number of nitrogens with zero attached hydrogens (tertiary/aromatic N) is 5. The first-order valence-electron chi connectivity index (χ1n) is 11.5. The highest BCUT2D eigenvalue weighted by Crippen LogP contribution is 2.30. The van der Waals surface area contributed by atoms with Crippen LogP contribution in [0.1, 0.15) is 34.0 Å². The lowest BCUT2D eigenvalue weighted by molar-refractivity contribution is 0.0630. The Balaban J connectivity index is 1.46. The van der Waals surface area contributed by atoms with Crippen LogP contribution in [0.2, 0.25) is 0 Å². The molecule has 0 saturated carbocycles. The van der Waals surface area contributed by atoms with E-state index in [2.05, 4.69) is 25.5 Å². The van der Waals surface area contributed by atoms with Crippen molar-refractivity contribution in [2.45, 2.75) is 26.0 Å². The molecule has 10 nitrogen and oxygen atoms in total. The van der Waals surface area contributed by atoms with Gasteiger partial charge in [-0.05, 0) is 56.3 Å². The van der Waals surface area contributed by atoms with Crippen LogP contribution in [0.5, 0.6) is 0 Å². The SMILES string of the molecule is CN(C(=O)c1ccccn1)c1ccc2c(c1)nc(NC(=O)c1ccc(-c3cn[nH]c3)s1)n2CC(C)(C)O. The summed E-state index contributed by atoms with van der Waals surface area (Å²) in [6.07, 6.45) is 5.04. The molecule has 11 heteroatoms. The molecular formula is C26H25N7O3S. The molecule has 4 aromatic heterocycles. The lowest BCUT2D eigenvalue weighted by Crippen LogP contribution is -2.28. The zero-order valence-corrected chi connectivity index (χ0v) is 21.3. The minimum Gasteiger partial charge on any atom is -0.389 e. The summed E-state index contributed by atoms with van der Waals surface area (Å²) in [5, 5.41) is 20.2. The molecule has 0 unspecified atom stereocenters. The molecule has 2 amide bonds. The van der Waals surface area contributed by atoms with Crippen LogP contribution in [0, 0.1) is 0 Å². The van der Waals surface area contributed by atoms with Crippen molar-refractivity contribution in [2.24, 2.45) is 0 Å². The average molecular weight is 516 g/mol. The maximum Gasteiger partial charge on any atom is 0.276 e. The monoisotopic (exact) mass is 515 g/mol. The lowest BCUT2D eigenvalue weighted by Gasteiger charge is -2.20. The topological polar surface area (TPSA) is 129 Å². The van der Waals surface area contributed by atoms with Crippen LogP contribution in [-0.2, 0) is 6.54 Å². The molecule has 0 aliphatic heterocycles. The average Bonchev–Trinajstić information content (AvgIpc) is 3.63. The second kappa shape index (κ2) is 9.60. The van der Waals surface area contributed by atoms with Gasteiger partial charge in [-0.2, -0.15) is 5.10 Å². The first kappa shape index (κ1) is 24.3. The highest BCUT2D eigenvalue weighted by molar-refractivity contribution is 7.17. The van der Waals surface area contributed by atoms with Gasteiger partial charge in [0.25, 0.3) is 11.8 Å². The minimum atomic E-state index is -1.06. The third-order valence-corrected chi connectivity index (χ3v) is 6.82. The van der Waals surface area contributed by atoms with Crippen LogP contribution in [-0.4, -0.2) is 54.3 Å². The predicted octanol–water partition coefficient (Wildman–Crippen LogP) is 4.18. The largest absolute Gasteiger partial charge is 0.389 e. The van der Waals surface area contributed by atoms with E-state index in [-0.39, 0.29) is 18.4 Å². The van der Waals surface area contributed by atoms with Gasteiger partial charge in [0.1, 0.15) is 5.69 Å². The molecule has 37 heavy (non-hydrogen) atoms. The zero-order valence-electron chi connectivity index (χ0n) is 20.5. The molecule has 1 aromatic carbocycles. The number of aromatic nitrogens is 5. The van der Waals surface area contributed by atoms with Crippen molar-refractivity contribution >= 4 is 45.8 Å². The van der Waals surface area contributed by atoms with Gasteiger partial charge < -0.3 is 14.6 Å². The summed E-state index contributed by atoms with van der Waals surface area (Å²) in [5.41, 5.74) is 2.08. The van der Waals surface area contributed by atoms with Crippen LogP contribution >= 0.6 is 11.3 Å². The van der Waals surface area contributed by atoms with E-state index in [4.69, 9.17) is 0 Å². The Hall–Kier alpha value is -4.35. The van der Waals surface area contributed by atoms with Crippen LogP contribution in [0.3, 0.4) is 0 Å². The summed E-state index contributed by atoms with van der Waals surface area (Å²) in [7, 11) is 1.67. The van der Waals surface area contributed by atoms with E-state index in [9.17, 15) is 14.7 Å². The number of anilines is 2. The van der Waals surface area contributed by atoms with Crippen LogP contribution in [0.25, 0.3) is 21.5 Å². The molecule has 0 aliphatic rings. The minimum absolute atomic E-state index is 0.200. The van der Waals surface area contributed by atoms with Gasteiger partial charge in [0.05, 0.1) is 34.3 Å². The van der Waals surface area contributed by atoms with Crippen LogP contribution < -0.4 is 10.2 Å². The third-order valence-electron chi connectivity index (χ3n) is 5.69. The Morgan fingerprint density at radius 2 is 2.03 bits per heavy atom. The smallest absolute Gasteiger partial charge is 0.276 e. The Bertz CT molecular complexity index is 1570. The van der Waals surface area contributed by atoms with E-state index < -0.39 is 5.60 Å². The van der Waals surface area contributed by atoms with E-state index in [1.807, 2.05) is 12.1 Å². The number of thiophene rings is 1. The number of pyridine rings is 1. The van der Waals surface area contributed by atoms with Gasteiger partial charge in [0, 0.05) is 35.6 Å². The number of aliphatic hydroxyl groups is 1. The maximum absolute atomic E-state index is 13.1. The van der Waals surface area contributed by atoms with E-state index >= 15 is 0 Å². The van der Waals surface area contributed by atoms with Crippen molar-refractivity contribution in [3.05, 3.63) is 77.7 Å². The third kappa shape index (κ3) is 5.13. The number of carbonyl (C=O) groups excluding carboxylic acids is 2. The second-order valence-electron chi connectivity index (χ2n) is 9.19. The first-order valence-corrected chi connectivity index (χ1v) is 12.3. The van der Waals surface area contributed by atoms with Gasteiger partial charge in [0.15, 0.2) is 0 Å². The fourth-order valence-corrected chi connectivity index (χ4v) is 4.79. The number of rotatable bonds is 7. The molecule has 0 saturated heterocycles. The number of benzene rings is 1. The van der Waals surface area contributed by atoms with Gasteiger partial charge in [-0.1, -0.05) is 6.07 Å². The molecular weight excluding hydrogens is 490 g/mol. The molecule has 5 rings (SSSR count). The van der Waals surface area contributed by atoms with Crippen molar-refractivity contribution in [1.29, 1.82) is 0 Å². The summed E-state index contributed by atoms with van der Waals surface area (Å²) in [6, 6.07) is 14.2. The first-order chi connectivity index (χ1) is 17.7. The summed E-state index contributed by atoms with van der Waals surface area (Å²) in [4.78, 5) is 37.7. The Labute approximate surface area is 216 Å². The molecule has 0 radical (unpaired) electrons. The number of H-pyrrole nitrogens is 1. The number of hydrogen-bond acceptors (Lipinski definition) is 7. The molecule has 188 valence electrons. The van der Waals surface area contributed by atoms with Crippen LogP contribution in [0.15, 0.2) is 67.1 Å². The molecule has 4 heterocycles. The highest BCUT2D eigenvalue weighted by atomic mass is 32.1. The van der Waals surface area contributed by atoms with Crippen molar-refractivity contribution in [3.8, 4) is 10.4 Å². The standard InChI is InChI=1S/C26H25N7O3S/c1-26(2,36)15-33-20-8-7-17(32(3)24(35)18-6-4-5-11-27-18)12-19(20)30-25(33)31-23(34)22-10-9-21(37-22)16-13-28-29-14-16/h4-14,36H,15H2,1-3H3,(H,28,29)(H,30,31,34). The van der Waals surface area contributed by atoms with Crippen molar-refractivity contribution in [1.82, 2.24) is 24.7 Å². The number of nitrogens with one attached hydrogen (secondary N) is 2. The van der Waals surface area contributed by atoms with E-state index in [0.29, 0.717) is 33.2 Å². The predicted molar refractivity (Wildman–Crippen MR) is 143 cm³/mol. The van der Waals surface area contributed by atoms with E-state index in [1.165, 1.54) is 16.2 Å². The quantitative estimate of drug-likeness (QED) is 0.298. The van der Waals surface area contributed by atoms with Gasteiger partial charge in [0.2, 0.25) is 5.95 Å². The fraction of sp³-hybridized carbons (Fsp3) is 0.192. The normalized spacial score (nSPS) is 11.6. The molecule has 5 aromatic rings.